The van der Waals surface area contributed by atoms with Crippen LogP contribution in [0.3, 0.4) is 0 Å². The molecule has 72 valence electrons. The highest BCUT2D eigenvalue weighted by Gasteiger charge is 2.70. The van der Waals surface area contributed by atoms with Gasteiger partial charge in [0.25, 0.3) is 0 Å². The maximum Gasteiger partial charge on any atom is 0.312 e. The predicted molar refractivity (Wildman–Crippen MR) is 36.2 cm³/mol. The van der Waals surface area contributed by atoms with Gasteiger partial charge >= 0.3 is 12.3 Å². The minimum Gasteiger partial charge on any atom is -0.327 e. The second-order valence-corrected chi connectivity index (χ2v) is 3.80. The van der Waals surface area contributed by atoms with Crippen LogP contribution in [-0.4, -0.2) is 18.4 Å². The molecule has 5 heteroatoms. The lowest BCUT2D eigenvalue weighted by Gasteiger charge is -2.16. The van der Waals surface area contributed by atoms with Crippen LogP contribution in [0.4, 0.5) is 17.6 Å². The van der Waals surface area contributed by atoms with E-state index >= 15 is 0 Å². The zero-order valence-corrected chi connectivity index (χ0v) is 6.82. The number of hydrogen-bond donors (Lipinski definition) is 1. The average Bonchev–Trinajstić information content (AvgIpc) is 2.32. The first-order chi connectivity index (χ1) is 5.22. The molecule has 0 radical (unpaired) electrons. The van der Waals surface area contributed by atoms with Crippen molar-refractivity contribution in [2.75, 3.05) is 0 Å². The molecule has 0 amide bonds. The highest BCUT2D eigenvalue weighted by molar-refractivity contribution is 5.15. The van der Waals surface area contributed by atoms with E-state index in [2.05, 4.69) is 0 Å². The number of alkyl halides is 4. The molecule has 2 atom stereocenters. The van der Waals surface area contributed by atoms with Crippen molar-refractivity contribution in [2.24, 2.45) is 17.1 Å². The van der Waals surface area contributed by atoms with Crippen molar-refractivity contribution in [2.45, 2.75) is 32.2 Å². The molecular weight excluding hydrogens is 174 g/mol. The largest absolute Gasteiger partial charge is 0.327 e. The zero-order chi connectivity index (χ0) is 9.73. The fourth-order valence-corrected chi connectivity index (χ4v) is 1.55. The Balaban J connectivity index is 2.74. The van der Waals surface area contributed by atoms with Gasteiger partial charge in [0, 0.05) is 6.04 Å². The van der Waals surface area contributed by atoms with Crippen LogP contribution >= 0.6 is 0 Å². The van der Waals surface area contributed by atoms with Crippen molar-refractivity contribution < 1.29 is 17.6 Å². The molecule has 1 aliphatic rings. The van der Waals surface area contributed by atoms with Crippen molar-refractivity contribution in [1.82, 2.24) is 0 Å². The Labute approximate surface area is 67.9 Å². The molecule has 0 heterocycles. The zero-order valence-electron chi connectivity index (χ0n) is 6.82. The van der Waals surface area contributed by atoms with Crippen LogP contribution in [0.2, 0.25) is 0 Å². The Morgan fingerprint density at radius 2 is 1.67 bits per heavy atom. The van der Waals surface area contributed by atoms with Crippen LogP contribution in [-0.2, 0) is 0 Å². The third-order valence-electron chi connectivity index (χ3n) is 2.62. The molecule has 1 aliphatic carbocycles. The Morgan fingerprint density at radius 1 is 1.33 bits per heavy atom. The summed E-state index contributed by atoms with van der Waals surface area (Å²) in [7, 11) is 0. The fourth-order valence-electron chi connectivity index (χ4n) is 1.55. The highest BCUT2D eigenvalue weighted by atomic mass is 19.3. The normalized spacial score (nSPS) is 34.0. The van der Waals surface area contributed by atoms with Crippen LogP contribution in [0.1, 0.15) is 13.8 Å². The number of rotatable bonds is 2. The summed E-state index contributed by atoms with van der Waals surface area (Å²) < 4.78 is 48.9. The van der Waals surface area contributed by atoms with E-state index in [9.17, 15) is 17.6 Å². The summed E-state index contributed by atoms with van der Waals surface area (Å²) in [6.07, 6.45) is -3.62. The van der Waals surface area contributed by atoms with E-state index in [0.717, 1.165) is 0 Å². The van der Waals surface area contributed by atoms with Gasteiger partial charge in [0.1, 0.15) is 0 Å². The summed E-state index contributed by atoms with van der Waals surface area (Å²) >= 11 is 0. The van der Waals surface area contributed by atoms with E-state index in [0.29, 0.717) is 0 Å². The molecule has 0 bridgehead atoms. The number of halogens is 4. The monoisotopic (exact) mass is 185 g/mol. The Hall–Kier alpha value is -0.320. The molecule has 0 saturated heterocycles. The van der Waals surface area contributed by atoms with Crippen molar-refractivity contribution in [3.63, 3.8) is 0 Å². The van der Waals surface area contributed by atoms with E-state index in [4.69, 9.17) is 5.73 Å². The number of hydrogen-bond acceptors (Lipinski definition) is 1. The smallest absolute Gasteiger partial charge is 0.312 e. The SMILES string of the molecule is CC1(C)C(N)C1C(F)(F)C(F)F. The second-order valence-electron chi connectivity index (χ2n) is 3.80. The van der Waals surface area contributed by atoms with Gasteiger partial charge in [-0.3, -0.25) is 0 Å². The molecule has 0 aromatic carbocycles. The molecule has 0 spiro atoms. The molecule has 0 aliphatic heterocycles. The van der Waals surface area contributed by atoms with Gasteiger partial charge in [-0.15, -0.1) is 0 Å². The van der Waals surface area contributed by atoms with Gasteiger partial charge in [-0.2, -0.15) is 8.78 Å². The van der Waals surface area contributed by atoms with Gasteiger partial charge in [-0.25, -0.2) is 8.78 Å². The van der Waals surface area contributed by atoms with Crippen LogP contribution in [0.25, 0.3) is 0 Å². The molecule has 1 nitrogen and oxygen atoms in total. The van der Waals surface area contributed by atoms with Crippen molar-refractivity contribution in [1.29, 1.82) is 0 Å². The highest BCUT2D eigenvalue weighted by Crippen LogP contribution is 2.59. The summed E-state index contributed by atoms with van der Waals surface area (Å²) in [6.45, 7) is 2.94. The molecule has 1 rings (SSSR count). The summed E-state index contributed by atoms with van der Waals surface area (Å²) in [6, 6.07) is -0.818. The van der Waals surface area contributed by atoms with Gasteiger partial charge < -0.3 is 5.73 Å². The molecule has 1 fully saturated rings. The lowest BCUT2D eigenvalue weighted by atomic mass is 10.1. The first-order valence-corrected chi connectivity index (χ1v) is 3.64. The molecule has 0 aromatic rings. The average molecular weight is 185 g/mol. The first-order valence-electron chi connectivity index (χ1n) is 3.64. The Morgan fingerprint density at radius 3 is 1.75 bits per heavy atom. The van der Waals surface area contributed by atoms with E-state index in [1.165, 1.54) is 13.8 Å². The summed E-state index contributed by atoms with van der Waals surface area (Å²) in [5.41, 5.74) is 4.39. The number of nitrogens with two attached hydrogens (primary N) is 1. The van der Waals surface area contributed by atoms with Crippen molar-refractivity contribution in [3.8, 4) is 0 Å². The fraction of sp³-hybridized carbons (Fsp3) is 1.00. The maximum atomic E-state index is 12.6. The predicted octanol–water partition coefficient (Wildman–Crippen LogP) is 1.87. The van der Waals surface area contributed by atoms with Gasteiger partial charge in [0.15, 0.2) is 0 Å². The third-order valence-corrected chi connectivity index (χ3v) is 2.62. The topological polar surface area (TPSA) is 26.0 Å². The van der Waals surface area contributed by atoms with Crippen LogP contribution < -0.4 is 5.73 Å². The molecular formula is C7H11F4N. The second kappa shape index (κ2) is 2.34. The minimum absolute atomic E-state index is 0.818. The summed E-state index contributed by atoms with van der Waals surface area (Å²) in [5, 5.41) is 0. The minimum atomic E-state index is -3.94. The molecule has 0 aromatic heterocycles. The lowest BCUT2D eigenvalue weighted by Crippen LogP contribution is -2.32. The van der Waals surface area contributed by atoms with E-state index in [-0.39, 0.29) is 0 Å². The molecule has 2 N–H and O–H groups in total. The van der Waals surface area contributed by atoms with Gasteiger partial charge in [0.05, 0.1) is 5.92 Å². The van der Waals surface area contributed by atoms with E-state index in [1.807, 2.05) is 0 Å². The van der Waals surface area contributed by atoms with Gasteiger partial charge in [-0.05, 0) is 5.41 Å². The van der Waals surface area contributed by atoms with Crippen LogP contribution in [0.15, 0.2) is 0 Å². The van der Waals surface area contributed by atoms with Crippen molar-refractivity contribution >= 4 is 0 Å². The Kier molecular flexibility index (Phi) is 1.90. The lowest BCUT2D eigenvalue weighted by molar-refractivity contribution is -0.149. The standard InChI is InChI=1S/C7H11F4N/c1-6(2)3(4(6)12)7(10,11)5(8)9/h3-5H,12H2,1-2H3. The maximum absolute atomic E-state index is 12.6. The van der Waals surface area contributed by atoms with Gasteiger partial charge in [-0.1, -0.05) is 13.8 Å². The molecule has 2 unspecified atom stereocenters. The molecule has 1 saturated carbocycles. The quantitative estimate of drug-likeness (QED) is 0.653. The van der Waals surface area contributed by atoms with Gasteiger partial charge in [0.2, 0.25) is 0 Å². The summed E-state index contributed by atoms with van der Waals surface area (Å²) in [4.78, 5) is 0. The van der Waals surface area contributed by atoms with Crippen molar-refractivity contribution in [3.05, 3.63) is 0 Å². The Bertz CT molecular complexity index is 190. The van der Waals surface area contributed by atoms with E-state index < -0.39 is 29.7 Å². The third kappa shape index (κ3) is 1.11. The molecule has 12 heavy (non-hydrogen) atoms. The summed E-state index contributed by atoms with van der Waals surface area (Å²) in [5.74, 6) is -5.33. The van der Waals surface area contributed by atoms with Crippen LogP contribution in [0, 0.1) is 11.3 Å². The van der Waals surface area contributed by atoms with Crippen LogP contribution in [0.5, 0.6) is 0 Å². The van der Waals surface area contributed by atoms with E-state index in [1.54, 1.807) is 0 Å². The first kappa shape index (κ1) is 9.77.